The maximum absolute atomic E-state index is 13.8. The number of nitrogens with zero attached hydrogens (tertiary/aromatic N) is 2. The molecule has 5 heteroatoms. The number of carbonyl (C=O) groups is 1. The van der Waals surface area contributed by atoms with Gasteiger partial charge in [-0.3, -0.25) is 9.69 Å². The Kier molecular flexibility index (Phi) is 4.90. The highest BCUT2D eigenvalue weighted by Gasteiger charge is 2.26. The molecule has 1 fully saturated rings. The van der Waals surface area contributed by atoms with Crippen molar-refractivity contribution in [2.24, 2.45) is 0 Å². The van der Waals surface area contributed by atoms with E-state index in [9.17, 15) is 13.6 Å². The lowest BCUT2D eigenvalue weighted by atomic mass is 10.1. The first kappa shape index (κ1) is 16.6. The van der Waals surface area contributed by atoms with E-state index in [4.69, 9.17) is 0 Å². The number of rotatable bonds is 3. The Balaban J connectivity index is 1.63. The van der Waals surface area contributed by atoms with Gasteiger partial charge in [-0.1, -0.05) is 30.3 Å². The Hall–Kier alpha value is -2.27. The minimum Gasteiger partial charge on any atom is -0.336 e. The zero-order chi connectivity index (χ0) is 17.1. The summed E-state index contributed by atoms with van der Waals surface area (Å²) in [5.41, 5.74) is 2.05. The molecular formula is C19H20F2N2O. The van der Waals surface area contributed by atoms with Crippen molar-refractivity contribution in [1.29, 1.82) is 0 Å². The summed E-state index contributed by atoms with van der Waals surface area (Å²) in [7, 11) is 0. The first-order valence-electron chi connectivity index (χ1n) is 8.06. The van der Waals surface area contributed by atoms with Gasteiger partial charge in [-0.15, -0.1) is 0 Å². The fourth-order valence-electron chi connectivity index (χ4n) is 3.00. The SMILES string of the molecule is Cc1ccccc1CN1CCN(C(=O)c2c(F)cccc2F)CC1. The third kappa shape index (κ3) is 3.46. The van der Waals surface area contributed by atoms with Crippen LogP contribution >= 0.6 is 0 Å². The molecule has 0 aliphatic carbocycles. The number of carbonyl (C=O) groups excluding carboxylic acids is 1. The number of piperazine rings is 1. The van der Waals surface area contributed by atoms with Crippen LogP contribution in [0, 0.1) is 18.6 Å². The molecule has 126 valence electrons. The van der Waals surface area contributed by atoms with E-state index in [1.54, 1.807) is 0 Å². The Morgan fingerprint density at radius 3 is 2.21 bits per heavy atom. The minimum atomic E-state index is -0.803. The van der Waals surface area contributed by atoms with Crippen LogP contribution < -0.4 is 0 Å². The normalized spacial score (nSPS) is 15.5. The topological polar surface area (TPSA) is 23.6 Å². The van der Waals surface area contributed by atoms with Gasteiger partial charge in [0.15, 0.2) is 0 Å². The van der Waals surface area contributed by atoms with Gasteiger partial charge in [0.2, 0.25) is 0 Å². The quantitative estimate of drug-likeness (QED) is 0.863. The summed E-state index contributed by atoms with van der Waals surface area (Å²) in [6, 6.07) is 11.7. The molecule has 3 rings (SSSR count). The highest BCUT2D eigenvalue weighted by Crippen LogP contribution is 2.17. The standard InChI is InChI=1S/C19H20F2N2O/c1-14-5-2-3-6-15(14)13-22-9-11-23(12-10-22)19(24)18-16(20)7-4-8-17(18)21/h2-8H,9-13H2,1H3. The summed E-state index contributed by atoms with van der Waals surface area (Å²) in [4.78, 5) is 16.2. The molecule has 3 nitrogen and oxygen atoms in total. The summed E-state index contributed by atoms with van der Waals surface area (Å²) in [6.07, 6.45) is 0. The molecule has 0 atom stereocenters. The van der Waals surface area contributed by atoms with Gasteiger partial charge >= 0.3 is 0 Å². The second-order valence-electron chi connectivity index (χ2n) is 6.09. The molecule has 0 N–H and O–H groups in total. The summed E-state index contributed by atoms with van der Waals surface area (Å²) in [5, 5.41) is 0. The fourth-order valence-corrected chi connectivity index (χ4v) is 3.00. The van der Waals surface area contributed by atoms with E-state index in [1.807, 2.05) is 12.1 Å². The van der Waals surface area contributed by atoms with Gasteiger partial charge in [-0.2, -0.15) is 0 Å². The summed E-state index contributed by atoms with van der Waals surface area (Å²) in [6.45, 7) is 5.22. The van der Waals surface area contributed by atoms with Crippen molar-refractivity contribution >= 4 is 5.91 Å². The monoisotopic (exact) mass is 330 g/mol. The molecule has 0 saturated carbocycles. The van der Waals surface area contributed by atoms with Gasteiger partial charge in [0, 0.05) is 32.7 Å². The van der Waals surface area contributed by atoms with Crippen LogP contribution in [0.4, 0.5) is 8.78 Å². The fraction of sp³-hybridized carbons (Fsp3) is 0.316. The molecule has 0 radical (unpaired) electrons. The van der Waals surface area contributed by atoms with Crippen LogP contribution in [0.5, 0.6) is 0 Å². The van der Waals surface area contributed by atoms with Crippen molar-refractivity contribution in [1.82, 2.24) is 9.80 Å². The van der Waals surface area contributed by atoms with Gasteiger partial charge in [0.1, 0.15) is 17.2 Å². The van der Waals surface area contributed by atoms with Crippen LogP contribution in [-0.2, 0) is 6.54 Å². The molecule has 1 aliphatic rings. The molecular weight excluding hydrogens is 310 g/mol. The van der Waals surface area contributed by atoms with E-state index in [1.165, 1.54) is 22.1 Å². The van der Waals surface area contributed by atoms with Crippen LogP contribution in [0.1, 0.15) is 21.5 Å². The van der Waals surface area contributed by atoms with Crippen molar-refractivity contribution in [2.45, 2.75) is 13.5 Å². The Morgan fingerprint density at radius 2 is 1.58 bits per heavy atom. The van der Waals surface area contributed by atoms with E-state index in [0.717, 1.165) is 18.7 Å². The van der Waals surface area contributed by atoms with E-state index in [2.05, 4.69) is 24.0 Å². The second-order valence-corrected chi connectivity index (χ2v) is 6.09. The minimum absolute atomic E-state index is 0.454. The third-order valence-electron chi connectivity index (χ3n) is 4.49. The Bertz CT molecular complexity index is 720. The molecule has 0 aromatic heterocycles. The average molecular weight is 330 g/mol. The molecule has 2 aromatic carbocycles. The third-order valence-corrected chi connectivity index (χ3v) is 4.49. The Morgan fingerprint density at radius 1 is 0.958 bits per heavy atom. The Labute approximate surface area is 140 Å². The van der Waals surface area contributed by atoms with E-state index in [0.29, 0.717) is 26.2 Å². The lowest BCUT2D eigenvalue weighted by Gasteiger charge is -2.35. The second kappa shape index (κ2) is 7.09. The molecule has 1 aliphatic heterocycles. The summed E-state index contributed by atoms with van der Waals surface area (Å²) in [5.74, 6) is -2.18. The molecule has 1 amide bonds. The molecule has 0 bridgehead atoms. The number of amides is 1. The van der Waals surface area contributed by atoms with Gasteiger partial charge < -0.3 is 4.90 Å². The lowest BCUT2D eigenvalue weighted by Crippen LogP contribution is -2.48. The molecule has 1 heterocycles. The smallest absolute Gasteiger partial charge is 0.259 e. The molecule has 2 aromatic rings. The molecule has 1 saturated heterocycles. The zero-order valence-corrected chi connectivity index (χ0v) is 13.6. The van der Waals surface area contributed by atoms with Gasteiger partial charge in [-0.25, -0.2) is 8.78 Å². The van der Waals surface area contributed by atoms with Crippen LogP contribution in [0.15, 0.2) is 42.5 Å². The van der Waals surface area contributed by atoms with Crippen molar-refractivity contribution in [3.8, 4) is 0 Å². The maximum Gasteiger partial charge on any atom is 0.259 e. The van der Waals surface area contributed by atoms with E-state index >= 15 is 0 Å². The predicted molar refractivity (Wildman–Crippen MR) is 88.7 cm³/mol. The van der Waals surface area contributed by atoms with Crippen molar-refractivity contribution in [3.05, 3.63) is 70.8 Å². The number of aryl methyl sites for hydroxylation is 1. The largest absolute Gasteiger partial charge is 0.336 e. The first-order chi connectivity index (χ1) is 11.6. The molecule has 0 unspecified atom stereocenters. The summed E-state index contributed by atoms with van der Waals surface area (Å²) < 4.78 is 27.5. The van der Waals surface area contributed by atoms with Crippen molar-refractivity contribution < 1.29 is 13.6 Å². The first-order valence-corrected chi connectivity index (χ1v) is 8.06. The number of benzene rings is 2. The highest BCUT2D eigenvalue weighted by atomic mass is 19.1. The predicted octanol–water partition coefficient (Wildman–Crippen LogP) is 3.23. The van der Waals surface area contributed by atoms with Crippen LogP contribution in [0.3, 0.4) is 0 Å². The summed E-state index contributed by atoms with van der Waals surface area (Å²) >= 11 is 0. The number of halogens is 2. The number of hydrogen-bond acceptors (Lipinski definition) is 2. The van der Waals surface area contributed by atoms with E-state index < -0.39 is 23.1 Å². The highest BCUT2D eigenvalue weighted by molar-refractivity contribution is 5.94. The van der Waals surface area contributed by atoms with Crippen molar-refractivity contribution in [2.75, 3.05) is 26.2 Å². The maximum atomic E-state index is 13.8. The molecule has 0 spiro atoms. The van der Waals surface area contributed by atoms with Gasteiger partial charge in [-0.05, 0) is 30.2 Å². The zero-order valence-electron chi connectivity index (χ0n) is 13.6. The van der Waals surface area contributed by atoms with Crippen molar-refractivity contribution in [3.63, 3.8) is 0 Å². The van der Waals surface area contributed by atoms with Crippen LogP contribution in [-0.4, -0.2) is 41.9 Å². The van der Waals surface area contributed by atoms with Gasteiger partial charge in [0.25, 0.3) is 5.91 Å². The lowest BCUT2D eigenvalue weighted by molar-refractivity contribution is 0.0619. The molecule has 24 heavy (non-hydrogen) atoms. The van der Waals surface area contributed by atoms with Crippen LogP contribution in [0.2, 0.25) is 0 Å². The van der Waals surface area contributed by atoms with Crippen LogP contribution in [0.25, 0.3) is 0 Å². The van der Waals surface area contributed by atoms with Gasteiger partial charge in [0.05, 0.1) is 0 Å². The average Bonchev–Trinajstić information content (AvgIpc) is 2.57. The van der Waals surface area contributed by atoms with E-state index in [-0.39, 0.29) is 0 Å². The number of hydrogen-bond donors (Lipinski definition) is 0.